The maximum absolute atomic E-state index is 5.18. The smallest absolute Gasteiger partial charge is 0.245 e. The molecule has 0 saturated carbocycles. The number of rotatable bonds is 2. The molecule has 15 heavy (non-hydrogen) atoms. The lowest BCUT2D eigenvalue weighted by molar-refractivity contribution is 0.422. The molecule has 0 unspecified atom stereocenters. The highest BCUT2D eigenvalue weighted by Gasteiger charge is 2.14. The zero-order chi connectivity index (χ0) is 10.1. The highest BCUT2D eigenvalue weighted by molar-refractivity contribution is 5.73. The number of hydrogen-bond acceptors (Lipinski definition) is 5. The minimum absolute atomic E-state index is 0.477. The third kappa shape index (κ3) is 1.23. The summed E-state index contributed by atoms with van der Waals surface area (Å²) in [6, 6.07) is 1.75. The van der Waals surface area contributed by atoms with Crippen molar-refractivity contribution in [3.63, 3.8) is 0 Å². The van der Waals surface area contributed by atoms with Gasteiger partial charge in [-0.2, -0.15) is 5.10 Å². The van der Waals surface area contributed by atoms with Crippen LogP contribution in [0.15, 0.2) is 39.9 Å². The summed E-state index contributed by atoms with van der Waals surface area (Å²) in [5.74, 6) is 0.477. The van der Waals surface area contributed by atoms with Crippen LogP contribution in [0.2, 0.25) is 0 Å². The molecule has 0 saturated heterocycles. The Hall–Kier alpha value is -2.37. The predicted octanol–water partition coefficient (Wildman–Crippen LogP) is 1.72. The second kappa shape index (κ2) is 3.09. The van der Waals surface area contributed by atoms with Crippen LogP contribution in [0.1, 0.15) is 0 Å². The third-order valence-corrected chi connectivity index (χ3v) is 2.00. The normalized spacial score (nSPS) is 10.7. The number of aromatic amines is 1. The van der Waals surface area contributed by atoms with Crippen molar-refractivity contribution in [3.8, 4) is 22.8 Å². The van der Waals surface area contributed by atoms with Gasteiger partial charge in [-0.25, -0.2) is 4.98 Å². The molecule has 3 rings (SSSR count). The topological polar surface area (TPSA) is 80.7 Å². The van der Waals surface area contributed by atoms with E-state index in [1.807, 2.05) is 0 Å². The van der Waals surface area contributed by atoms with Gasteiger partial charge >= 0.3 is 0 Å². The van der Waals surface area contributed by atoms with Gasteiger partial charge in [0.15, 0.2) is 0 Å². The number of aromatic nitrogens is 4. The van der Waals surface area contributed by atoms with Crippen molar-refractivity contribution in [2.24, 2.45) is 0 Å². The number of nitrogens with one attached hydrogen (secondary N) is 1. The van der Waals surface area contributed by atoms with E-state index in [0.717, 1.165) is 5.56 Å². The van der Waals surface area contributed by atoms with E-state index in [1.165, 1.54) is 12.5 Å². The summed E-state index contributed by atoms with van der Waals surface area (Å²) in [7, 11) is 0. The van der Waals surface area contributed by atoms with Crippen LogP contribution < -0.4 is 0 Å². The van der Waals surface area contributed by atoms with E-state index < -0.39 is 0 Å². The number of hydrogen-bond donors (Lipinski definition) is 1. The Bertz CT molecular complexity index is 490. The fourth-order valence-electron chi connectivity index (χ4n) is 1.34. The summed E-state index contributed by atoms with van der Waals surface area (Å²) in [4.78, 5) is 4.03. The molecular weight excluding hydrogens is 196 g/mol. The Balaban J connectivity index is 2.15. The highest BCUT2D eigenvalue weighted by Crippen LogP contribution is 2.27. The predicted molar refractivity (Wildman–Crippen MR) is 49.6 cm³/mol. The van der Waals surface area contributed by atoms with Crippen LogP contribution in [0.3, 0.4) is 0 Å². The van der Waals surface area contributed by atoms with Gasteiger partial charge in [0.05, 0.1) is 18.0 Å². The average Bonchev–Trinajstić information content (AvgIpc) is 3.01. The average molecular weight is 202 g/mol. The Labute approximate surface area is 83.9 Å². The SMILES string of the molecule is c1coc(-c2[nH]ncc2-c2ccon2)n1. The molecule has 0 aliphatic heterocycles. The lowest BCUT2D eigenvalue weighted by atomic mass is 10.2. The zero-order valence-corrected chi connectivity index (χ0v) is 7.54. The molecule has 0 bridgehead atoms. The summed E-state index contributed by atoms with van der Waals surface area (Å²) >= 11 is 0. The van der Waals surface area contributed by atoms with E-state index in [4.69, 9.17) is 8.94 Å². The molecule has 1 N–H and O–H groups in total. The molecule has 3 heterocycles. The van der Waals surface area contributed by atoms with Crippen LogP contribution in [0.25, 0.3) is 22.8 Å². The minimum atomic E-state index is 0.477. The second-order valence-corrected chi connectivity index (χ2v) is 2.88. The van der Waals surface area contributed by atoms with E-state index in [1.54, 1.807) is 18.5 Å². The Morgan fingerprint density at radius 1 is 1.27 bits per heavy atom. The fraction of sp³-hybridized carbons (Fsp3) is 0. The van der Waals surface area contributed by atoms with Crippen LogP contribution in [0, 0.1) is 0 Å². The molecule has 3 aromatic heterocycles. The second-order valence-electron chi connectivity index (χ2n) is 2.88. The lowest BCUT2D eigenvalue weighted by Gasteiger charge is -1.93. The number of H-pyrrole nitrogens is 1. The summed E-state index contributed by atoms with van der Waals surface area (Å²) < 4.78 is 9.94. The van der Waals surface area contributed by atoms with Gasteiger partial charge in [0.2, 0.25) is 5.89 Å². The summed E-state index contributed by atoms with van der Waals surface area (Å²) in [6.45, 7) is 0. The third-order valence-electron chi connectivity index (χ3n) is 2.00. The molecule has 0 radical (unpaired) electrons. The van der Waals surface area contributed by atoms with Gasteiger partial charge in [-0.15, -0.1) is 0 Å². The first-order valence-corrected chi connectivity index (χ1v) is 4.29. The van der Waals surface area contributed by atoms with E-state index in [-0.39, 0.29) is 0 Å². The van der Waals surface area contributed by atoms with Gasteiger partial charge in [-0.05, 0) is 0 Å². The molecular formula is C9H6N4O2. The zero-order valence-electron chi connectivity index (χ0n) is 7.54. The van der Waals surface area contributed by atoms with E-state index in [0.29, 0.717) is 17.3 Å². The first kappa shape index (κ1) is 7.98. The van der Waals surface area contributed by atoms with Crippen molar-refractivity contribution in [1.29, 1.82) is 0 Å². The summed E-state index contributed by atoms with van der Waals surface area (Å²) in [5, 5.41) is 10.6. The fourth-order valence-corrected chi connectivity index (χ4v) is 1.34. The molecule has 0 atom stereocenters. The minimum Gasteiger partial charge on any atom is -0.443 e. The number of oxazole rings is 1. The van der Waals surface area contributed by atoms with Crippen molar-refractivity contribution in [2.75, 3.05) is 0 Å². The van der Waals surface area contributed by atoms with Crippen molar-refractivity contribution >= 4 is 0 Å². The molecule has 0 spiro atoms. The Morgan fingerprint density at radius 3 is 3.00 bits per heavy atom. The molecule has 6 heteroatoms. The molecule has 0 aliphatic rings. The van der Waals surface area contributed by atoms with Crippen LogP contribution in [0.4, 0.5) is 0 Å². The van der Waals surface area contributed by atoms with Crippen molar-refractivity contribution in [3.05, 3.63) is 31.0 Å². The summed E-state index contributed by atoms with van der Waals surface area (Å²) in [5.41, 5.74) is 2.18. The lowest BCUT2D eigenvalue weighted by Crippen LogP contribution is -1.81. The number of nitrogens with zero attached hydrogens (tertiary/aromatic N) is 3. The molecule has 0 aliphatic carbocycles. The highest BCUT2D eigenvalue weighted by atomic mass is 16.5. The van der Waals surface area contributed by atoms with Gasteiger partial charge in [0, 0.05) is 6.07 Å². The van der Waals surface area contributed by atoms with E-state index in [9.17, 15) is 0 Å². The van der Waals surface area contributed by atoms with Gasteiger partial charge in [0.25, 0.3) is 0 Å². The van der Waals surface area contributed by atoms with Crippen molar-refractivity contribution < 1.29 is 8.94 Å². The molecule has 0 amide bonds. The Kier molecular flexibility index (Phi) is 1.64. The van der Waals surface area contributed by atoms with Crippen LogP contribution >= 0.6 is 0 Å². The summed E-state index contributed by atoms with van der Waals surface area (Å²) in [6.07, 6.45) is 6.23. The first-order chi connectivity index (χ1) is 7.45. The monoisotopic (exact) mass is 202 g/mol. The first-order valence-electron chi connectivity index (χ1n) is 4.29. The maximum Gasteiger partial charge on any atom is 0.245 e. The van der Waals surface area contributed by atoms with Gasteiger partial charge in [-0.3, -0.25) is 5.10 Å². The molecule has 0 fully saturated rings. The van der Waals surface area contributed by atoms with Crippen LogP contribution in [-0.2, 0) is 0 Å². The van der Waals surface area contributed by atoms with Crippen molar-refractivity contribution in [1.82, 2.24) is 20.3 Å². The molecule has 74 valence electrons. The molecule has 3 aromatic rings. The van der Waals surface area contributed by atoms with Crippen LogP contribution in [-0.4, -0.2) is 20.3 Å². The maximum atomic E-state index is 5.18. The Morgan fingerprint density at radius 2 is 2.27 bits per heavy atom. The van der Waals surface area contributed by atoms with E-state index in [2.05, 4.69) is 20.3 Å². The van der Waals surface area contributed by atoms with E-state index >= 15 is 0 Å². The van der Waals surface area contributed by atoms with Gasteiger partial charge in [0.1, 0.15) is 23.9 Å². The van der Waals surface area contributed by atoms with Crippen molar-refractivity contribution in [2.45, 2.75) is 0 Å². The largest absolute Gasteiger partial charge is 0.443 e. The standard InChI is InChI=1S/C9H6N4O2/c1-3-15-13-7(1)6-5-11-12-8(6)9-10-2-4-14-9/h1-5H,(H,11,12). The van der Waals surface area contributed by atoms with Gasteiger partial charge in [-0.1, -0.05) is 5.16 Å². The van der Waals surface area contributed by atoms with Gasteiger partial charge < -0.3 is 8.94 Å². The quantitative estimate of drug-likeness (QED) is 0.684. The molecule has 0 aromatic carbocycles. The molecule has 6 nitrogen and oxygen atoms in total. The van der Waals surface area contributed by atoms with Crippen LogP contribution in [0.5, 0.6) is 0 Å².